The Balaban J connectivity index is 4.22. The Labute approximate surface area is 258 Å². The standard InChI is InChI=1S/C32H61NO10/c1-21(2)32(43)20-31(42)19-30(41)17-26(37)11-6-10-25(36)16-29(40)18-28(39)15-24(35)9-5-8-23(34)14-27(38)12-7-13-33-22(3)4/h5-6,9,11,21-31,33-42H,7-8,10,12-20H2,1-4H3. The fraction of sp³-hybridized carbons (Fsp3) is 0.844. The van der Waals surface area contributed by atoms with Crippen molar-refractivity contribution in [2.45, 2.75) is 159 Å². The van der Waals surface area contributed by atoms with Crippen LogP contribution < -0.4 is 5.32 Å². The molecule has 0 fully saturated rings. The van der Waals surface area contributed by atoms with Gasteiger partial charge in [0.25, 0.3) is 0 Å². The molecule has 0 aliphatic carbocycles. The highest BCUT2D eigenvalue weighted by atomic mass is 16.3. The highest BCUT2D eigenvalue weighted by molar-refractivity contribution is 5.80. The second kappa shape index (κ2) is 24.0. The lowest BCUT2D eigenvalue weighted by molar-refractivity contribution is -0.124. The van der Waals surface area contributed by atoms with Crippen molar-refractivity contribution in [1.82, 2.24) is 5.32 Å². The summed E-state index contributed by atoms with van der Waals surface area (Å²) in [6.45, 7) is 8.38. The molecule has 0 aromatic rings. The van der Waals surface area contributed by atoms with Crippen LogP contribution in [0.1, 0.15) is 98.3 Å². The van der Waals surface area contributed by atoms with Crippen molar-refractivity contribution >= 4 is 5.78 Å². The minimum atomic E-state index is -1.02. The molecule has 0 amide bonds. The van der Waals surface area contributed by atoms with Crippen LogP contribution in [0.3, 0.4) is 0 Å². The quantitative estimate of drug-likeness (QED) is 0.0485. The van der Waals surface area contributed by atoms with Crippen LogP contribution in [0.5, 0.6) is 0 Å². The molecule has 0 radical (unpaired) electrons. The van der Waals surface area contributed by atoms with E-state index >= 15 is 0 Å². The van der Waals surface area contributed by atoms with Gasteiger partial charge in [-0.15, -0.1) is 0 Å². The predicted molar refractivity (Wildman–Crippen MR) is 166 cm³/mol. The number of aliphatic hydroxyl groups excluding tert-OH is 9. The number of hydrogen-bond donors (Lipinski definition) is 10. The topological polar surface area (TPSA) is 211 Å². The molecule has 0 spiro atoms. The molecule has 0 saturated heterocycles. The molecule has 9 unspecified atom stereocenters. The van der Waals surface area contributed by atoms with Gasteiger partial charge in [0.15, 0.2) is 0 Å². The molecular weight excluding hydrogens is 558 g/mol. The summed E-state index contributed by atoms with van der Waals surface area (Å²) in [6.07, 6.45) is -0.516. The molecule has 0 bridgehead atoms. The Morgan fingerprint density at radius 2 is 1.00 bits per heavy atom. The van der Waals surface area contributed by atoms with Gasteiger partial charge in [0, 0.05) is 31.2 Å². The second-order valence-corrected chi connectivity index (χ2v) is 12.5. The minimum Gasteiger partial charge on any atom is -0.393 e. The fourth-order valence-electron chi connectivity index (χ4n) is 4.64. The molecule has 0 aromatic carbocycles. The van der Waals surface area contributed by atoms with Gasteiger partial charge in [0.05, 0.1) is 54.9 Å². The Hall–Kier alpha value is -1.25. The number of hydrogen-bond acceptors (Lipinski definition) is 11. The van der Waals surface area contributed by atoms with E-state index in [4.69, 9.17) is 0 Å². The Kier molecular flexibility index (Phi) is 23.3. The summed E-state index contributed by atoms with van der Waals surface area (Å²) < 4.78 is 0. The van der Waals surface area contributed by atoms with E-state index in [1.165, 1.54) is 18.2 Å². The molecule has 0 aliphatic rings. The number of ketones is 1. The van der Waals surface area contributed by atoms with Gasteiger partial charge in [-0.05, 0) is 57.9 Å². The van der Waals surface area contributed by atoms with Crippen molar-refractivity contribution in [3.8, 4) is 0 Å². The highest BCUT2D eigenvalue weighted by Gasteiger charge is 2.20. The molecular formula is C32H61NO10. The summed E-state index contributed by atoms with van der Waals surface area (Å²) >= 11 is 0. The lowest BCUT2D eigenvalue weighted by atomic mass is 9.97. The smallest absolute Gasteiger partial charge is 0.137 e. The number of rotatable bonds is 26. The normalized spacial score (nSPS) is 19.0. The average Bonchev–Trinajstić information content (AvgIpc) is 2.85. The first-order valence-electron chi connectivity index (χ1n) is 15.8. The van der Waals surface area contributed by atoms with Crippen LogP contribution in [0, 0.1) is 5.92 Å². The molecule has 11 heteroatoms. The lowest BCUT2D eigenvalue weighted by Gasteiger charge is -2.19. The molecule has 0 heterocycles. The van der Waals surface area contributed by atoms with Crippen LogP contribution in [0.25, 0.3) is 0 Å². The zero-order valence-electron chi connectivity index (χ0n) is 26.6. The van der Waals surface area contributed by atoms with Crippen LogP contribution >= 0.6 is 0 Å². The Bertz CT molecular complexity index is 762. The van der Waals surface area contributed by atoms with Crippen molar-refractivity contribution in [3.63, 3.8) is 0 Å². The van der Waals surface area contributed by atoms with E-state index in [1.807, 2.05) is 0 Å². The van der Waals surface area contributed by atoms with E-state index in [-0.39, 0.29) is 69.5 Å². The predicted octanol–water partition coefficient (Wildman–Crippen LogP) is 0.861. The largest absolute Gasteiger partial charge is 0.393 e. The summed E-state index contributed by atoms with van der Waals surface area (Å²) in [5, 5.41) is 94.2. The summed E-state index contributed by atoms with van der Waals surface area (Å²) in [4.78, 5) is 11.7. The number of carbonyl (C=O) groups excluding carboxylic acids is 1. The maximum atomic E-state index is 11.7. The summed E-state index contributed by atoms with van der Waals surface area (Å²) in [7, 11) is 0. The highest BCUT2D eigenvalue weighted by Crippen LogP contribution is 2.15. The third-order valence-corrected chi connectivity index (χ3v) is 7.08. The van der Waals surface area contributed by atoms with Crippen LogP contribution in [0.4, 0.5) is 0 Å². The van der Waals surface area contributed by atoms with Gasteiger partial charge in [-0.3, -0.25) is 4.79 Å². The number of nitrogens with one attached hydrogen (secondary N) is 1. The number of aliphatic hydroxyl groups is 9. The zero-order valence-corrected chi connectivity index (χ0v) is 26.6. The maximum absolute atomic E-state index is 11.7. The molecule has 0 saturated carbocycles. The summed E-state index contributed by atoms with van der Waals surface area (Å²) in [5.74, 6) is -0.301. The SMILES string of the molecule is CC(C)NCCCC(O)CC(O)CC=CC(O)CC(O)CC(O)CC(O)CC=CC(O)CC(O)CC(O)CC(=O)C(C)C. The van der Waals surface area contributed by atoms with Crippen molar-refractivity contribution in [2.24, 2.45) is 5.92 Å². The number of Topliss-reactive ketones (excluding diaryl/α,β-unsaturated/α-hetero) is 1. The molecule has 10 N–H and O–H groups in total. The molecule has 0 rings (SSSR count). The van der Waals surface area contributed by atoms with Gasteiger partial charge >= 0.3 is 0 Å². The first-order chi connectivity index (χ1) is 20.1. The average molecular weight is 620 g/mol. The third kappa shape index (κ3) is 24.7. The molecule has 11 nitrogen and oxygen atoms in total. The van der Waals surface area contributed by atoms with Crippen LogP contribution in [0.2, 0.25) is 0 Å². The second-order valence-electron chi connectivity index (χ2n) is 12.5. The minimum absolute atomic E-state index is 0.0236. The van der Waals surface area contributed by atoms with Crippen LogP contribution in [-0.2, 0) is 4.79 Å². The third-order valence-electron chi connectivity index (χ3n) is 7.08. The first kappa shape index (κ1) is 41.8. The summed E-state index contributed by atoms with van der Waals surface area (Å²) in [6, 6.07) is 0.387. The lowest BCUT2D eigenvalue weighted by Crippen LogP contribution is -2.25. The molecule has 9 atom stereocenters. The Morgan fingerprint density at radius 1 is 0.581 bits per heavy atom. The van der Waals surface area contributed by atoms with Crippen molar-refractivity contribution < 1.29 is 50.8 Å². The van der Waals surface area contributed by atoms with Crippen molar-refractivity contribution in [1.29, 1.82) is 0 Å². The van der Waals surface area contributed by atoms with E-state index in [9.17, 15) is 50.8 Å². The Morgan fingerprint density at radius 3 is 1.47 bits per heavy atom. The maximum Gasteiger partial charge on any atom is 0.137 e. The van der Waals surface area contributed by atoms with Crippen LogP contribution in [-0.4, -0.2) is 119 Å². The van der Waals surface area contributed by atoms with E-state index in [1.54, 1.807) is 19.9 Å². The van der Waals surface area contributed by atoms with E-state index in [2.05, 4.69) is 19.2 Å². The monoisotopic (exact) mass is 619 g/mol. The van der Waals surface area contributed by atoms with E-state index in [0.29, 0.717) is 12.5 Å². The van der Waals surface area contributed by atoms with E-state index in [0.717, 1.165) is 13.0 Å². The molecule has 0 aromatic heterocycles. The van der Waals surface area contributed by atoms with Crippen molar-refractivity contribution in [3.05, 3.63) is 24.3 Å². The van der Waals surface area contributed by atoms with E-state index < -0.39 is 54.9 Å². The van der Waals surface area contributed by atoms with Gasteiger partial charge in [0.1, 0.15) is 5.78 Å². The van der Waals surface area contributed by atoms with Crippen molar-refractivity contribution in [2.75, 3.05) is 6.54 Å². The van der Waals surface area contributed by atoms with Gasteiger partial charge < -0.3 is 51.3 Å². The van der Waals surface area contributed by atoms with Gasteiger partial charge in [-0.1, -0.05) is 52.0 Å². The van der Waals surface area contributed by atoms with Gasteiger partial charge in [0.2, 0.25) is 0 Å². The first-order valence-corrected chi connectivity index (χ1v) is 15.8. The zero-order chi connectivity index (χ0) is 32.9. The fourth-order valence-corrected chi connectivity index (χ4v) is 4.64. The van der Waals surface area contributed by atoms with Gasteiger partial charge in [-0.2, -0.15) is 0 Å². The molecule has 43 heavy (non-hydrogen) atoms. The van der Waals surface area contributed by atoms with Gasteiger partial charge in [-0.25, -0.2) is 0 Å². The molecule has 0 aliphatic heterocycles. The number of carbonyl (C=O) groups is 1. The van der Waals surface area contributed by atoms with Crippen LogP contribution in [0.15, 0.2) is 24.3 Å². The molecule has 254 valence electrons. The summed E-state index contributed by atoms with van der Waals surface area (Å²) in [5.41, 5.74) is 0.